The first-order valence-electron chi connectivity index (χ1n) is 12.3. The number of likely N-dealkylation sites (tertiary alicyclic amines) is 1. The third kappa shape index (κ3) is 4.31. The highest BCUT2D eigenvalue weighted by molar-refractivity contribution is 5.98. The van der Waals surface area contributed by atoms with Crippen LogP contribution in [-0.2, 0) is 24.2 Å². The van der Waals surface area contributed by atoms with Gasteiger partial charge in [0.05, 0.1) is 0 Å². The third-order valence-corrected chi connectivity index (χ3v) is 7.51. The summed E-state index contributed by atoms with van der Waals surface area (Å²) in [7, 11) is 1.82. The predicted molar refractivity (Wildman–Crippen MR) is 132 cm³/mol. The fourth-order valence-electron chi connectivity index (χ4n) is 5.75. The molecule has 0 radical (unpaired) electrons. The van der Waals surface area contributed by atoms with E-state index in [2.05, 4.69) is 45.5 Å². The molecule has 0 aromatic heterocycles. The molecule has 1 unspecified atom stereocenters. The number of para-hydroxylation sites is 1. The molecule has 1 saturated heterocycles. The number of aromatic hydroxyl groups is 1. The van der Waals surface area contributed by atoms with E-state index in [9.17, 15) is 9.90 Å². The average molecular weight is 447 g/mol. The summed E-state index contributed by atoms with van der Waals surface area (Å²) in [5.74, 6) is 1.86. The Morgan fingerprint density at radius 3 is 2.79 bits per heavy atom. The number of hydrogen-bond donors (Lipinski definition) is 2. The smallest absolute Gasteiger partial charge is 0.222 e. The summed E-state index contributed by atoms with van der Waals surface area (Å²) in [4.78, 5) is 20.9. The van der Waals surface area contributed by atoms with Crippen molar-refractivity contribution in [2.75, 3.05) is 31.6 Å². The van der Waals surface area contributed by atoms with E-state index in [1.807, 2.05) is 18.0 Å². The SMILES string of the molecule is CN=C(NCc1c(O)ccc2c1CCCC2)N1CC(CCN2CCCC2=O)c2ccccc21. The van der Waals surface area contributed by atoms with Crippen molar-refractivity contribution >= 4 is 17.6 Å². The number of benzene rings is 2. The quantitative estimate of drug-likeness (QED) is 0.539. The second-order valence-corrected chi connectivity index (χ2v) is 9.45. The molecule has 2 aromatic rings. The first-order valence-corrected chi connectivity index (χ1v) is 12.3. The molecule has 0 spiro atoms. The number of amides is 1. The Morgan fingerprint density at radius 2 is 1.97 bits per heavy atom. The zero-order chi connectivity index (χ0) is 22.8. The second-order valence-electron chi connectivity index (χ2n) is 9.45. The van der Waals surface area contributed by atoms with Gasteiger partial charge in [-0.1, -0.05) is 24.3 Å². The first-order chi connectivity index (χ1) is 16.2. The van der Waals surface area contributed by atoms with Crippen molar-refractivity contribution in [2.24, 2.45) is 4.99 Å². The summed E-state index contributed by atoms with van der Waals surface area (Å²) in [5.41, 5.74) is 6.19. The molecule has 1 fully saturated rings. The lowest BCUT2D eigenvalue weighted by Gasteiger charge is -2.25. The van der Waals surface area contributed by atoms with Gasteiger partial charge in [0.2, 0.25) is 5.91 Å². The van der Waals surface area contributed by atoms with Crippen LogP contribution in [0.2, 0.25) is 0 Å². The molecule has 1 atom stereocenters. The lowest BCUT2D eigenvalue weighted by atomic mass is 9.88. The molecule has 6 heteroatoms. The van der Waals surface area contributed by atoms with E-state index in [0.717, 1.165) is 56.8 Å². The number of nitrogens with one attached hydrogen (secondary N) is 1. The number of carbonyl (C=O) groups excluding carboxylic acids is 1. The lowest BCUT2D eigenvalue weighted by molar-refractivity contribution is -0.127. The van der Waals surface area contributed by atoms with Crippen molar-refractivity contribution in [1.82, 2.24) is 10.2 Å². The Balaban J connectivity index is 1.31. The van der Waals surface area contributed by atoms with Crippen LogP contribution in [0.5, 0.6) is 5.75 Å². The molecular formula is C27H34N4O2. The highest BCUT2D eigenvalue weighted by atomic mass is 16.3. The van der Waals surface area contributed by atoms with Crippen LogP contribution >= 0.6 is 0 Å². The van der Waals surface area contributed by atoms with E-state index in [4.69, 9.17) is 0 Å². The maximum Gasteiger partial charge on any atom is 0.222 e. The highest BCUT2D eigenvalue weighted by Crippen LogP contribution is 2.38. The maximum atomic E-state index is 12.1. The lowest BCUT2D eigenvalue weighted by Crippen LogP contribution is -2.41. The largest absolute Gasteiger partial charge is 0.508 e. The van der Waals surface area contributed by atoms with Crippen molar-refractivity contribution in [3.63, 3.8) is 0 Å². The van der Waals surface area contributed by atoms with E-state index in [1.165, 1.54) is 35.2 Å². The molecule has 3 aliphatic rings. The Hall–Kier alpha value is -3.02. The van der Waals surface area contributed by atoms with Gasteiger partial charge in [-0.2, -0.15) is 0 Å². The van der Waals surface area contributed by atoms with Gasteiger partial charge >= 0.3 is 0 Å². The Bertz CT molecular complexity index is 1060. The molecule has 1 aliphatic carbocycles. The number of aryl methyl sites for hydroxylation is 1. The Labute approximate surface area is 196 Å². The van der Waals surface area contributed by atoms with Crippen molar-refractivity contribution in [2.45, 2.75) is 57.4 Å². The zero-order valence-electron chi connectivity index (χ0n) is 19.5. The predicted octanol–water partition coefficient (Wildman–Crippen LogP) is 3.96. The molecule has 6 nitrogen and oxygen atoms in total. The monoisotopic (exact) mass is 446 g/mol. The van der Waals surface area contributed by atoms with Crippen molar-refractivity contribution in [3.05, 3.63) is 58.7 Å². The molecule has 0 bridgehead atoms. The Morgan fingerprint density at radius 1 is 1.12 bits per heavy atom. The van der Waals surface area contributed by atoms with E-state index in [0.29, 0.717) is 30.5 Å². The van der Waals surface area contributed by atoms with Crippen LogP contribution < -0.4 is 10.2 Å². The standard InChI is InChI=1S/C27H34N4O2/c1-28-27(29-17-23-21-8-3-2-7-19(21)12-13-25(23)32)31-18-20(22-9-4-5-10-24(22)31)14-16-30-15-6-11-26(30)33/h4-5,9-10,12-13,20,32H,2-3,6-8,11,14-18H2,1H3,(H,28,29). The summed E-state index contributed by atoms with van der Waals surface area (Å²) < 4.78 is 0. The molecule has 2 aliphatic heterocycles. The minimum Gasteiger partial charge on any atom is -0.508 e. The van der Waals surface area contributed by atoms with Crippen molar-refractivity contribution < 1.29 is 9.90 Å². The molecule has 2 N–H and O–H groups in total. The second kappa shape index (κ2) is 9.46. The van der Waals surface area contributed by atoms with Gasteiger partial charge in [0.25, 0.3) is 0 Å². The van der Waals surface area contributed by atoms with Gasteiger partial charge in [-0.05, 0) is 67.3 Å². The van der Waals surface area contributed by atoms with Gasteiger partial charge in [0.15, 0.2) is 5.96 Å². The summed E-state index contributed by atoms with van der Waals surface area (Å²) >= 11 is 0. The van der Waals surface area contributed by atoms with Crippen LogP contribution in [0.1, 0.15) is 60.3 Å². The highest BCUT2D eigenvalue weighted by Gasteiger charge is 2.32. The number of nitrogens with zero attached hydrogens (tertiary/aromatic N) is 3. The van der Waals surface area contributed by atoms with Crippen LogP contribution in [0.15, 0.2) is 41.4 Å². The first kappa shape index (κ1) is 21.8. The number of phenolic OH excluding ortho intramolecular Hbond substituents is 1. The number of aliphatic imine (C=N–C) groups is 1. The van der Waals surface area contributed by atoms with Crippen LogP contribution in [0.25, 0.3) is 0 Å². The number of hydrogen-bond acceptors (Lipinski definition) is 3. The van der Waals surface area contributed by atoms with Crippen LogP contribution in [0.3, 0.4) is 0 Å². The number of anilines is 1. The molecule has 1 amide bonds. The maximum absolute atomic E-state index is 12.1. The molecule has 5 rings (SSSR count). The van der Waals surface area contributed by atoms with Crippen molar-refractivity contribution in [3.8, 4) is 5.75 Å². The normalized spacial score (nSPS) is 20.2. The van der Waals surface area contributed by atoms with E-state index >= 15 is 0 Å². The minimum absolute atomic E-state index is 0.293. The van der Waals surface area contributed by atoms with Crippen LogP contribution in [0.4, 0.5) is 5.69 Å². The van der Waals surface area contributed by atoms with E-state index in [-0.39, 0.29) is 0 Å². The number of guanidine groups is 1. The molecule has 174 valence electrons. The Kier molecular flexibility index (Phi) is 6.25. The molecule has 0 saturated carbocycles. The van der Waals surface area contributed by atoms with Gasteiger partial charge < -0.3 is 20.2 Å². The van der Waals surface area contributed by atoms with Crippen LogP contribution in [0, 0.1) is 0 Å². The average Bonchev–Trinajstić information content (AvgIpc) is 3.42. The molecule has 2 aromatic carbocycles. The number of fused-ring (bicyclic) bond motifs is 2. The minimum atomic E-state index is 0.293. The summed E-state index contributed by atoms with van der Waals surface area (Å²) in [5, 5.41) is 14.1. The van der Waals surface area contributed by atoms with E-state index < -0.39 is 0 Å². The van der Waals surface area contributed by atoms with Gasteiger partial charge in [-0.3, -0.25) is 9.79 Å². The van der Waals surface area contributed by atoms with Gasteiger partial charge in [-0.15, -0.1) is 0 Å². The summed E-state index contributed by atoms with van der Waals surface area (Å²) in [6.07, 6.45) is 7.17. The fraction of sp³-hybridized carbons (Fsp3) is 0.481. The number of rotatable bonds is 5. The molecule has 33 heavy (non-hydrogen) atoms. The molecular weight excluding hydrogens is 412 g/mol. The third-order valence-electron chi connectivity index (χ3n) is 7.51. The van der Waals surface area contributed by atoms with E-state index in [1.54, 1.807) is 0 Å². The van der Waals surface area contributed by atoms with Gasteiger partial charge in [0.1, 0.15) is 5.75 Å². The summed E-state index contributed by atoms with van der Waals surface area (Å²) in [6.45, 7) is 3.12. The number of phenols is 1. The van der Waals surface area contributed by atoms with Crippen molar-refractivity contribution in [1.29, 1.82) is 0 Å². The molecule has 2 heterocycles. The van der Waals surface area contributed by atoms with Gasteiger partial charge in [0, 0.05) is 56.8 Å². The fourth-order valence-corrected chi connectivity index (χ4v) is 5.75. The summed E-state index contributed by atoms with van der Waals surface area (Å²) in [6, 6.07) is 12.5. The van der Waals surface area contributed by atoms with Gasteiger partial charge in [-0.25, -0.2) is 0 Å². The van der Waals surface area contributed by atoms with Crippen LogP contribution in [-0.4, -0.2) is 48.6 Å². The topological polar surface area (TPSA) is 68.2 Å². The zero-order valence-corrected chi connectivity index (χ0v) is 19.5. The number of carbonyl (C=O) groups is 1.